The standard InChI is InChI=1S/C11H14FN.ClH/c1-8(13-11-6-7-11)9-2-4-10(12)5-3-9;/h2-5,8,11,13H,6-7H2,1H3;1H/t8-;/m1./s1. The summed E-state index contributed by atoms with van der Waals surface area (Å²) in [6, 6.07) is 7.75. The van der Waals surface area contributed by atoms with Gasteiger partial charge in [-0.25, -0.2) is 4.39 Å². The number of nitrogens with one attached hydrogen (secondary N) is 1. The van der Waals surface area contributed by atoms with E-state index in [-0.39, 0.29) is 18.2 Å². The fourth-order valence-corrected chi connectivity index (χ4v) is 1.45. The van der Waals surface area contributed by atoms with Crippen LogP contribution in [-0.2, 0) is 0 Å². The van der Waals surface area contributed by atoms with Crippen LogP contribution in [0.15, 0.2) is 24.3 Å². The molecule has 1 fully saturated rings. The summed E-state index contributed by atoms with van der Waals surface area (Å²) < 4.78 is 12.6. The first-order chi connectivity index (χ1) is 6.25. The van der Waals surface area contributed by atoms with Crippen molar-refractivity contribution in [2.45, 2.75) is 31.8 Å². The van der Waals surface area contributed by atoms with Crippen LogP contribution in [-0.4, -0.2) is 6.04 Å². The molecule has 1 N–H and O–H groups in total. The van der Waals surface area contributed by atoms with Crippen LogP contribution in [0.3, 0.4) is 0 Å². The van der Waals surface area contributed by atoms with Gasteiger partial charge in [-0.1, -0.05) is 12.1 Å². The Hall–Kier alpha value is -0.600. The molecule has 1 aromatic carbocycles. The first kappa shape index (κ1) is 11.5. The van der Waals surface area contributed by atoms with Crippen LogP contribution in [0.4, 0.5) is 4.39 Å². The van der Waals surface area contributed by atoms with E-state index in [1.165, 1.54) is 25.0 Å². The van der Waals surface area contributed by atoms with Crippen LogP contribution >= 0.6 is 12.4 Å². The van der Waals surface area contributed by atoms with E-state index in [4.69, 9.17) is 0 Å². The van der Waals surface area contributed by atoms with Gasteiger partial charge in [0.15, 0.2) is 0 Å². The maximum atomic E-state index is 12.6. The molecule has 0 aromatic heterocycles. The van der Waals surface area contributed by atoms with Gasteiger partial charge in [-0.2, -0.15) is 0 Å². The van der Waals surface area contributed by atoms with E-state index in [0.717, 1.165) is 5.56 Å². The molecule has 0 aliphatic heterocycles. The number of rotatable bonds is 3. The molecule has 0 saturated heterocycles. The average Bonchev–Trinajstić information content (AvgIpc) is 2.89. The summed E-state index contributed by atoms with van der Waals surface area (Å²) in [7, 11) is 0. The lowest BCUT2D eigenvalue weighted by Gasteiger charge is -2.13. The predicted octanol–water partition coefficient (Wildman–Crippen LogP) is 3.06. The lowest BCUT2D eigenvalue weighted by Crippen LogP contribution is -2.20. The van der Waals surface area contributed by atoms with Crippen molar-refractivity contribution in [1.29, 1.82) is 0 Å². The highest BCUT2D eigenvalue weighted by atomic mass is 35.5. The molecule has 3 heteroatoms. The molecule has 1 atom stereocenters. The van der Waals surface area contributed by atoms with Crippen LogP contribution < -0.4 is 5.32 Å². The Bertz CT molecular complexity index is 282. The zero-order valence-corrected chi connectivity index (χ0v) is 8.98. The maximum Gasteiger partial charge on any atom is 0.123 e. The summed E-state index contributed by atoms with van der Waals surface area (Å²) in [5, 5.41) is 3.47. The third-order valence-corrected chi connectivity index (χ3v) is 2.43. The Labute approximate surface area is 90.1 Å². The molecular weight excluding hydrogens is 201 g/mol. The van der Waals surface area contributed by atoms with Crippen LogP contribution in [0.5, 0.6) is 0 Å². The number of hydrogen-bond donors (Lipinski definition) is 1. The minimum atomic E-state index is -0.164. The lowest BCUT2D eigenvalue weighted by molar-refractivity contribution is 0.568. The highest BCUT2D eigenvalue weighted by Crippen LogP contribution is 2.23. The van der Waals surface area contributed by atoms with Crippen molar-refractivity contribution in [2.24, 2.45) is 0 Å². The van der Waals surface area contributed by atoms with Crippen molar-refractivity contribution in [1.82, 2.24) is 5.32 Å². The molecule has 0 bridgehead atoms. The van der Waals surface area contributed by atoms with Crippen LogP contribution in [0.2, 0.25) is 0 Å². The summed E-state index contributed by atoms with van der Waals surface area (Å²) in [6.07, 6.45) is 2.57. The van der Waals surface area contributed by atoms with Gasteiger partial charge in [0.05, 0.1) is 0 Å². The first-order valence-electron chi connectivity index (χ1n) is 4.77. The van der Waals surface area contributed by atoms with Gasteiger partial charge in [-0.15, -0.1) is 12.4 Å². The average molecular weight is 216 g/mol. The van der Waals surface area contributed by atoms with E-state index in [0.29, 0.717) is 12.1 Å². The second-order valence-electron chi connectivity index (χ2n) is 3.71. The smallest absolute Gasteiger partial charge is 0.123 e. The minimum Gasteiger partial charge on any atom is -0.307 e. The van der Waals surface area contributed by atoms with E-state index in [2.05, 4.69) is 12.2 Å². The van der Waals surface area contributed by atoms with Gasteiger partial charge in [0.1, 0.15) is 5.82 Å². The number of hydrogen-bond acceptors (Lipinski definition) is 1. The second kappa shape index (κ2) is 4.76. The van der Waals surface area contributed by atoms with E-state index in [9.17, 15) is 4.39 Å². The van der Waals surface area contributed by atoms with Gasteiger partial charge >= 0.3 is 0 Å². The highest BCUT2D eigenvalue weighted by molar-refractivity contribution is 5.85. The highest BCUT2D eigenvalue weighted by Gasteiger charge is 2.22. The monoisotopic (exact) mass is 215 g/mol. The van der Waals surface area contributed by atoms with Gasteiger partial charge in [-0.3, -0.25) is 0 Å². The largest absolute Gasteiger partial charge is 0.307 e. The molecule has 1 aromatic rings. The zero-order valence-electron chi connectivity index (χ0n) is 8.16. The fraction of sp³-hybridized carbons (Fsp3) is 0.455. The summed E-state index contributed by atoms with van der Waals surface area (Å²) in [4.78, 5) is 0. The summed E-state index contributed by atoms with van der Waals surface area (Å²) in [5.41, 5.74) is 1.16. The molecule has 78 valence electrons. The molecule has 2 rings (SSSR count). The number of halogens is 2. The van der Waals surface area contributed by atoms with Crippen molar-refractivity contribution >= 4 is 12.4 Å². The second-order valence-corrected chi connectivity index (χ2v) is 3.71. The lowest BCUT2D eigenvalue weighted by atomic mass is 10.1. The molecule has 0 amide bonds. The van der Waals surface area contributed by atoms with Crippen LogP contribution in [0.25, 0.3) is 0 Å². The molecule has 1 nitrogen and oxygen atoms in total. The van der Waals surface area contributed by atoms with E-state index >= 15 is 0 Å². The molecule has 14 heavy (non-hydrogen) atoms. The van der Waals surface area contributed by atoms with Crippen molar-refractivity contribution in [3.8, 4) is 0 Å². The Morgan fingerprint density at radius 1 is 1.29 bits per heavy atom. The molecular formula is C11H15ClFN. The SMILES string of the molecule is C[C@@H](NC1CC1)c1ccc(F)cc1.Cl. The van der Waals surface area contributed by atoms with Gasteiger partial charge in [0.2, 0.25) is 0 Å². The fourth-order valence-electron chi connectivity index (χ4n) is 1.45. The molecule has 0 unspecified atom stereocenters. The van der Waals surface area contributed by atoms with Gasteiger partial charge < -0.3 is 5.32 Å². The minimum absolute atomic E-state index is 0. The Kier molecular flexibility index (Phi) is 3.90. The third kappa shape index (κ3) is 2.96. The summed E-state index contributed by atoms with van der Waals surface area (Å²) >= 11 is 0. The van der Waals surface area contributed by atoms with Crippen LogP contribution in [0, 0.1) is 5.82 Å². The summed E-state index contributed by atoms with van der Waals surface area (Å²) in [5.74, 6) is -0.164. The topological polar surface area (TPSA) is 12.0 Å². The van der Waals surface area contributed by atoms with Crippen molar-refractivity contribution in [3.63, 3.8) is 0 Å². The quantitative estimate of drug-likeness (QED) is 0.817. The normalized spacial score (nSPS) is 17.3. The predicted molar refractivity (Wildman–Crippen MR) is 58.2 cm³/mol. The zero-order chi connectivity index (χ0) is 9.26. The molecule has 0 radical (unpaired) electrons. The maximum absolute atomic E-state index is 12.6. The Balaban J connectivity index is 0.000000980. The van der Waals surface area contributed by atoms with Gasteiger partial charge in [-0.05, 0) is 37.5 Å². The molecule has 1 aliphatic carbocycles. The number of benzene rings is 1. The third-order valence-electron chi connectivity index (χ3n) is 2.43. The van der Waals surface area contributed by atoms with Crippen molar-refractivity contribution < 1.29 is 4.39 Å². The van der Waals surface area contributed by atoms with Crippen molar-refractivity contribution in [2.75, 3.05) is 0 Å². The van der Waals surface area contributed by atoms with Crippen LogP contribution in [0.1, 0.15) is 31.4 Å². The van der Waals surface area contributed by atoms with E-state index < -0.39 is 0 Å². The van der Waals surface area contributed by atoms with Gasteiger partial charge in [0.25, 0.3) is 0 Å². The Morgan fingerprint density at radius 2 is 1.86 bits per heavy atom. The molecule has 0 spiro atoms. The molecule has 1 saturated carbocycles. The summed E-state index contributed by atoms with van der Waals surface area (Å²) in [6.45, 7) is 2.12. The Morgan fingerprint density at radius 3 is 2.36 bits per heavy atom. The first-order valence-corrected chi connectivity index (χ1v) is 4.77. The molecule has 0 heterocycles. The molecule has 1 aliphatic rings. The van der Waals surface area contributed by atoms with Gasteiger partial charge in [0, 0.05) is 12.1 Å². The van der Waals surface area contributed by atoms with E-state index in [1.54, 1.807) is 0 Å². The van der Waals surface area contributed by atoms with Crippen molar-refractivity contribution in [3.05, 3.63) is 35.6 Å². The van der Waals surface area contributed by atoms with E-state index in [1.807, 2.05) is 12.1 Å².